The zero-order valence-corrected chi connectivity index (χ0v) is 16.8. The molecule has 5 nitrogen and oxygen atoms in total. The summed E-state index contributed by atoms with van der Waals surface area (Å²) in [4.78, 5) is 0. The molecular weight excluding hydrogens is 380 g/mol. The van der Waals surface area contributed by atoms with Crippen LogP contribution in [0.1, 0.15) is 16.7 Å². The Balaban J connectivity index is 1.45. The molecule has 0 aliphatic carbocycles. The minimum atomic E-state index is 0.443. The number of hydrogen-bond donors (Lipinski definition) is 1. The van der Waals surface area contributed by atoms with E-state index in [-0.39, 0.29) is 0 Å². The standard InChI is InChI=1S/C23H20N4OS/c1-17-7-9-19(10-8-17)16-28-21-13-11-18(12-14-21)15-24-27-22(25-26-23(27)29)20-5-3-2-4-6-20/h2-15H,16H2,1H3,(H,26,29). The van der Waals surface area contributed by atoms with Crippen LogP contribution in [0.2, 0.25) is 0 Å². The van der Waals surface area contributed by atoms with Gasteiger partial charge in [-0.1, -0.05) is 60.2 Å². The van der Waals surface area contributed by atoms with Crippen molar-refractivity contribution in [3.8, 4) is 17.1 Å². The van der Waals surface area contributed by atoms with Crippen molar-refractivity contribution in [2.24, 2.45) is 5.10 Å². The predicted octanol–water partition coefficient (Wildman–Crippen LogP) is 5.38. The molecule has 1 N–H and O–H groups in total. The van der Waals surface area contributed by atoms with Crippen molar-refractivity contribution < 1.29 is 4.74 Å². The van der Waals surface area contributed by atoms with Crippen LogP contribution >= 0.6 is 12.2 Å². The van der Waals surface area contributed by atoms with Gasteiger partial charge in [0.15, 0.2) is 5.82 Å². The molecule has 3 aromatic carbocycles. The maximum Gasteiger partial charge on any atom is 0.216 e. The van der Waals surface area contributed by atoms with Gasteiger partial charge in [0.2, 0.25) is 4.77 Å². The molecule has 4 rings (SSSR count). The number of aromatic nitrogens is 3. The first-order valence-electron chi connectivity index (χ1n) is 9.25. The van der Waals surface area contributed by atoms with E-state index in [9.17, 15) is 0 Å². The van der Waals surface area contributed by atoms with E-state index >= 15 is 0 Å². The molecule has 0 atom stereocenters. The number of aromatic amines is 1. The fourth-order valence-corrected chi connectivity index (χ4v) is 2.98. The first-order valence-corrected chi connectivity index (χ1v) is 9.65. The maximum absolute atomic E-state index is 5.85. The van der Waals surface area contributed by atoms with Gasteiger partial charge in [0.05, 0.1) is 6.21 Å². The molecule has 0 radical (unpaired) electrons. The summed E-state index contributed by atoms with van der Waals surface area (Å²) in [6, 6.07) is 25.9. The number of ether oxygens (including phenoxy) is 1. The van der Waals surface area contributed by atoms with Gasteiger partial charge in [-0.2, -0.15) is 14.9 Å². The summed E-state index contributed by atoms with van der Waals surface area (Å²) in [6.45, 7) is 2.61. The Morgan fingerprint density at radius 1 is 1.00 bits per heavy atom. The number of hydrogen-bond acceptors (Lipinski definition) is 4. The van der Waals surface area contributed by atoms with Crippen LogP contribution in [0.25, 0.3) is 11.4 Å². The lowest BCUT2D eigenvalue weighted by atomic mass is 10.2. The predicted molar refractivity (Wildman–Crippen MR) is 118 cm³/mol. The van der Waals surface area contributed by atoms with Crippen LogP contribution in [0.5, 0.6) is 5.75 Å². The Morgan fingerprint density at radius 2 is 1.72 bits per heavy atom. The van der Waals surface area contributed by atoms with Crippen LogP contribution in [0, 0.1) is 11.7 Å². The molecule has 4 aromatic rings. The van der Waals surface area contributed by atoms with Gasteiger partial charge in [0.25, 0.3) is 0 Å². The molecule has 0 saturated heterocycles. The van der Waals surface area contributed by atoms with Gasteiger partial charge in [0.1, 0.15) is 12.4 Å². The Kier molecular flexibility index (Phi) is 5.63. The van der Waals surface area contributed by atoms with E-state index in [4.69, 9.17) is 17.0 Å². The van der Waals surface area contributed by atoms with Crippen LogP contribution < -0.4 is 4.74 Å². The lowest BCUT2D eigenvalue weighted by Gasteiger charge is -2.07. The Bertz CT molecular complexity index is 1160. The number of nitrogens with one attached hydrogen (secondary N) is 1. The molecule has 0 aliphatic rings. The van der Waals surface area contributed by atoms with Gasteiger partial charge >= 0.3 is 0 Å². The molecule has 29 heavy (non-hydrogen) atoms. The summed E-state index contributed by atoms with van der Waals surface area (Å²) in [6.07, 6.45) is 1.75. The van der Waals surface area contributed by atoms with Crippen molar-refractivity contribution in [2.45, 2.75) is 13.5 Å². The molecule has 0 fully saturated rings. The van der Waals surface area contributed by atoms with E-state index in [1.807, 2.05) is 54.6 Å². The van der Waals surface area contributed by atoms with Crippen molar-refractivity contribution in [2.75, 3.05) is 0 Å². The fraction of sp³-hybridized carbons (Fsp3) is 0.0870. The van der Waals surface area contributed by atoms with E-state index in [1.54, 1.807) is 10.9 Å². The van der Waals surface area contributed by atoms with Crippen molar-refractivity contribution in [1.29, 1.82) is 0 Å². The van der Waals surface area contributed by atoms with Gasteiger partial charge < -0.3 is 4.74 Å². The quantitative estimate of drug-likeness (QED) is 0.349. The van der Waals surface area contributed by atoms with Gasteiger partial charge in [-0.25, -0.2) is 5.10 Å². The number of H-pyrrole nitrogens is 1. The van der Waals surface area contributed by atoms with Crippen LogP contribution in [-0.4, -0.2) is 21.1 Å². The molecule has 144 valence electrons. The molecule has 1 heterocycles. The van der Waals surface area contributed by atoms with E-state index in [0.29, 0.717) is 17.2 Å². The highest BCUT2D eigenvalue weighted by molar-refractivity contribution is 7.71. The Hall–Kier alpha value is -3.51. The monoisotopic (exact) mass is 400 g/mol. The lowest BCUT2D eigenvalue weighted by Crippen LogP contribution is -1.96. The molecule has 0 spiro atoms. The second kappa shape index (κ2) is 8.67. The summed E-state index contributed by atoms with van der Waals surface area (Å²) >= 11 is 5.31. The molecule has 0 amide bonds. The summed E-state index contributed by atoms with van der Waals surface area (Å²) < 4.78 is 7.91. The van der Waals surface area contributed by atoms with Gasteiger partial charge in [-0.15, -0.1) is 0 Å². The van der Waals surface area contributed by atoms with E-state index in [1.165, 1.54) is 5.56 Å². The molecule has 0 bridgehead atoms. The van der Waals surface area contributed by atoms with E-state index in [0.717, 1.165) is 22.4 Å². The highest BCUT2D eigenvalue weighted by Crippen LogP contribution is 2.17. The van der Waals surface area contributed by atoms with Crippen LogP contribution in [0.3, 0.4) is 0 Å². The molecule has 6 heteroatoms. The molecule has 1 aromatic heterocycles. The van der Waals surface area contributed by atoms with E-state index in [2.05, 4.69) is 46.5 Å². The fourth-order valence-electron chi connectivity index (χ4n) is 2.80. The third-order valence-electron chi connectivity index (χ3n) is 4.41. The highest BCUT2D eigenvalue weighted by Gasteiger charge is 2.07. The van der Waals surface area contributed by atoms with Crippen molar-refractivity contribution in [3.05, 3.63) is 100 Å². The van der Waals surface area contributed by atoms with Gasteiger partial charge in [-0.05, 0) is 54.5 Å². The largest absolute Gasteiger partial charge is 0.489 e. The average molecular weight is 401 g/mol. The minimum absolute atomic E-state index is 0.443. The SMILES string of the molecule is Cc1ccc(COc2ccc(C=Nn3c(-c4ccccc4)n[nH]c3=S)cc2)cc1. The number of rotatable bonds is 6. The maximum atomic E-state index is 5.85. The zero-order valence-electron chi connectivity index (χ0n) is 15.9. The third kappa shape index (κ3) is 4.67. The highest BCUT2D eigenvalue weighted by atomic mass is 32.1. The third-order valence-corrected chi connectivity index (χ3v) is 4.68. The molecular formula is C23H20N4OS. The second-order valence-electron chi connectivity index (χ2n) is 6.62. The number of benzene rings is 3. The Morgan fingerprint density at radius 3 is 2.45 bits per heavy atom. The van der Waals surface area contributed by atoms with Gasteiger partial charge in [0, 0.05) is 5.56 Å². The van der Waals surface area contributed by atoms with Gasteiger partial charge in [-0.3, -0.25) is 0 Å². The summed E-state index contributed by atoms with van der Waals surface area (Å²) in [7, 11) is 0. The minimum Gasteiger partial charge on any atom is -0.489 e. The number of nitrogens with zero attached hydrogens (tertiary/aromatic N) is 3. The number of aryl methyl sites for hydroxylation is 1. The first kappa shape index (κ1) is 18.8. The van der Waals surface area contributed by atoms with Crippen molar-refractivity contribution in [3.63, 3.8) is 0 Å². The normalized spacial score (nSPS) is 11.1. The van der Waals surface area contributed by atoms with Crippen molar-refractivity contribution in [1.82, 2.24) is 14.9 Å². The second-order valence-corrected chi connectivity index (χ2v) is 7.00. The van der Waals surface area contributed by atoms with Crippen molar-refractivity contribution >= 4 is 18.4 Å². The Labute approximate surface area is 174 Å². The van der Waals surface area contributed by atoms with Crippen LogP contribution in [-0.2, 0) is 6.61 Å². The van der Waals surface area contributed by atoms with Crippen LogP contribution in [0.15, 0.2) is 84.0 Å². The summed E-state index contributed by atoms with van der Waals surface area (Å²) in [5.74, 6) is 1.48. The summed E-state index contributed by atoms with van der Waals surface area (Å²) in [5, 5.41) is 11.6. The zero-order chi connectivity index (χ0) is 20.1. The molecule has 0 saturated carbocycles. The molecule has 0 aliphatic heterocycles. The van der Waals surface area contributed by atoms with Crippen LogP contribution in [0.4, 0.5) is 0 Å². The molecule has 0 unspecified atom stereocenters. The average Bonchev–Trinajstić information content (AvgIpc) is 3.13. The topological polar surface area (TPSA) is 55.2 Å². The smallest absolute Gasteiger partial charge is 0.216 e. The lowest BCUT2D eigenvalue weighted by molar-refractivity contribution is 0.306. The first-order chi connectivity index (χ1) is 14.2. The summed E-state index contributed by atoms with van der Waals surface area (Å²) in [5.41, 5.74) is 4.27. The van der Waals surface area contributed by atoms with E-state index < -0.39 is 0 Å².